The first-order valence-corrected chi connectivity index (χ1v) is 11.6. The van der Waals surface area contributed by atoms with Crippen LogP contribution in [-0.2, 0) is 9.84 Å². The van der Waals surface area contributed by atoms with Gasteiger partial charge in [0, 0.05) is 37.8 Å². The van der Waals surface area contributed by atoms with E-state index >= 15 is 0 Å². The van der Waals surface area contributed by atoms with E-state index in [-0.39, 0.29) is 17.7 Å². The Labute approximate surface area is 158 Å². The van der Waals surface area contributed by atoms with Crippen LogP contribution in [0.5, 0.6) is 0 Å². The zero-order chi connectivity index (χ0) is 18.1. The first kappa shape index (κ1) is 17.7. The summed E-state index contributed by atoms with van der Waals surface area (Å²) in [6.07, 6.45) is 0.722. The monoisotopic (exact) mass is 390 g/mol. The van der Waals surface area contributed by atoms with Crippen molar-refractivity contribution in [2.45, 2.75) is 12.5 Å². The number of benzene rings is 1. The minimum Gasteiger partial charge on any atom is -0.335 e. The van der Waals surface area contributed by atoms with Gasteiger partial charge >= 0.3 is 0 Å². The summed E-state index contributed by atoms with van der Waals surface area (Å²) in [7, 11) is -2.87. The van der Waals surface area contributed by atoms with Gasteiger partial charge in [-0.1, -0.05) is 30.3 Å². The molecular weight excluding hydrogens is 368 g/mol. The summed E-state index contributed by atoms with van der Waals surface area (Å²) in [4.78, 5) is 17.9. The second-order valence-electron chi connectivity index (χ2n) is 6.91. The Morgan fingerprint density at radius 2 is 1.77 bits per heavy atom. The Morgan fingerprint density at radius 3 is 2.42 bits per heavy atom. The lowest BCUT2D eigenvalue weighted by atomic mass is 10.1. The highest BCUT2D eigenvalue weighted by Crippen LogP contribution is 2.30. The van der Waals surface area contributed by atoms with Crippen molar-refractivity contribution in [2.24, 2.45) is 0 Å². The van der Waals surface area contributed by atoms with Crippen molar-refractivity contribution in [1.29, 1.82) is 0 Å². The van der Waals surface area contributed by atoms with Crippen molar-refractivity contribution in [3.8, 4) is 11.1 Å². The first-order chi connectivity index (χ1) is 12.5. The van der Waals surface area contributed by atoms with E-state index in [1.54, 1.807) is 0 Å². The molecule has 1 amide bonds. The van der Waals surface area contributed by atoms with Crippen LogP contribution in [0.2, 0.25) is 0 Å². The predicted molar refractivity (Wildman–Crippen MR) is 104 cm³/mol. The zero-order valence-corrected chi connectivity index (χ0v) is 16.1. The number of thiophene rings is 1. The summed E-state index contributed by atoms with van der Waals surface area (Å²) >= 11 is 1.49. The molecule has 3 heterocycles. The van der Waals surface area contributed by atoms with E-state index in [0.717, 1.165) is 35.5 Å². The topological polar surface area (TPSA) is 57.7 Å². The minimum atomic E-state index is -2.87. The maximum atomic E-state index is 13.0. The highest BCUT2D eigenvalue weighted by Gasteiger charge is 2.34. The van der Waals surface area contributed by atoms with Crippen LogP contribution >= 0.6 is 11.3 Å². The summed E-state index contributed by atoms with van der Waals surface area (Å²) in [5.74, 6) is 0.647. The van der Waals surface area contributed by atoms with Crippen LogP contribution in [0.3, 0.4) is 0 Å². The van der Waals surface area contributed by atoms with E-state index < -0.39 is 9.84 Å². The average Bonchev–Trinajstić information content (AvgIpc) is 3.28. The summed E-state index contributed by atoms with van der Waals surface area (Å²) < 4.78 is 23.4. The molecule has 0 N–H and O–H groups in total. The molecule has 0 bridgehead atoms. The number of rotatable bonds is 3. The fraction of sp³-hybridized carbons (Fsp3) is 0.421. The van der Waals surface area contributed by atoms with Crippen LogP contribution in [0.15, 0.2) is 41.8 Å². The van der Waals surface area contributed by atoms with E-state index in [2.05, 4.69) is 4.90 Å². The van der Waals surface area contributed by atoms with Gasteiger partial charge < -0.3 is 4.90 Å². The van der Waals surface area contributed by atoms with Crippen molar-refractivity contribution in [3.63, 3.8) is 0 Å². The van der Waals surface area contributed by atoms with Crippen molar-refractivity contribution >= 4 is 27.1 Å². The molecule has 0 unspecified atom stereocenters. The molecule has 0 aliphatic carbocycles. The van der Waals surface area contributed by atoms with Crippen LogP contribution in [0.1, 0.15) is 16.1 Å². The molecule has 1 atom stereocenters. The molecular formula is C19H22N2O3S2. The number of carbonyl (C=O) groups is 1. The number of piperazine rings is 1. The molecule has 0 spiro atoms. The molecule has 2 aliphatic heterocycles. The standard InChI is InChI=1S/C19H22N2O3S2/c22-19(18-17(6-12-25-18)15-4-2-1-3-5-15)21-10-8-20(9-11-21)16-7-13-26(23,24)14-16/h1-6,12,16H,7-11,13-14H2/t16-/m0/s1. The third-order valence-corrected chi connectivity index (χ3v) is 7.92. The number of nitrogens with zero attached hydrogens (tertiary/aromatic N) is 2. The van der Waals surface area contributed by atoms with Crippen molar-refractivity contribution < 1.29 is 13.2 Å². The average molecular weight is 391 g/mol. The SMILES string of the molecule is O=C(c1sccc1-c1ccccc1)N1CCN([C@H]2CCS(=O)(=O)C2)CC1. The molecule has 138 valence electrons. The van der Waals surface area contributed by atoms with Crippen molar-refractivity contribution in [1.82, 2.24) is 9.80 Å². The van der Waals surface area contributed by atoms with Gasteiger partial charge in [-0.25, -0.2) is 8.42 Å². The molecule has 0 radical (unpaired) electrons. The Balaban J connectivity index is 1.43. The Morgan fingerprint density at radius 1 is 1.04 bits per heavy atom. The molecule has 2 aliphatic rings. The summed E-state index contributed by atoms with van der Waals surface area (Å²) in [6.45, 7) is 2.80. The van der Waals surface area contributed by atoms with Gasteiger partial charge in [0.1, 0.15) is 0 Å². The van der Waals surface area contributed by atoms with E-state index in [4.69, 9.17) is 0 Å². The second-order valence-corrected chi connectivity index (χ2v) is 10.1. The molecule has 26 heavy (non-hydrogen) atoms. The number of hydrogen-bond donors (Lipinski definition) is 0. The molecule has 1 aromatic heterocycles. The van der Waals surface area contributed by atoms with Gasteiger partial charge in [-0.15, -0.1) is 11.3 Å². The van der Waals surface area contributed by atoms with Gasteiger partial charge in [-0.2, -0.15) is 0 Å². The van der Waals surface area contributed by atoms with Gasteiger partial charge in [0.25, 0.3) is 5.91 Å². The quantitative estimate of drug-likeness (QED) is 0.807. The molecule has 7 heteroatoms. The lowest BCUT2D eigenvalue weighted by Gasteiger charge is -2.37. The van der Waals surface area contributed by atoms with Crippen LogP contribution in [0.4, 0.5) is 0 Å². The highest BCUT2D eigenvalue weighted by atomic mass is 32.2. The van der Waals surface area contributed by atoms with Crippen molar-refractivity contribution in [3.05, 3.63) is 46.7 Å². The maximum absolute atomic E-state index is 13.0. The highest BCUT2D eigenvalue weighted by molar-refractivity contribution is 7.91. The Hall–Kier alpha value is -1.70. The number of sulfone groups is 1. The van der Waals surface area contributed by atoms with E-state index in [1.807, 2.05) is 46.7 Å². The number of carbonyl (C=O) groups excluding carboxylic acids is 1. The van der Waals surface area contributed by atoms with Crippen LogP contribution in [-0.4, -0.2) is 67.9 Å². The van der Waals surface area contributed by atoms with Gasteiger partial charge in [0.15, 0.2) is 9.84 Å². The van der Waals surface area contributed by atoms with Crippen LogP contribution in [0.25, 0.3) is 11.1 Å². The van der Waals surface area contributed by atoms with Gasteiger partial charge in [-0.3, -0.25) is 9.69 Å². The Kier molecular flexibility index (Phi) is 4.86. The summed E-state index contributed by atoms with van der Waals surface area (Å²) in [6, 6.07) is 12.1. The summed E-state index contributed by atoms with van der Waals surface area (Å²) in [5, 5.41) is 1.97. The number of amides is 1. The largest absolute Gasteiger partial charge is 0.335 e. The van der Waals surface area contributed by atoms with Gasteiger partial charge in [0.2, 0.25) is 0 Å². The first-order valence-electron chi connectivity index (χ1n) is 8.90. The molecule has 2 fully saturated rings. The summed E-state index contributed by atoms with van der Waals surface area (Å²) in [5.41, 5.74) is 2.05. The van der Waals surface area contributed by atoms with Crippen molar-refractivity contribution in [2.75, 3.05) is 37.7 Å². The molecule has 2 saturated heterocycles. The molecule has 4 rings (SSSR count). The third kappa shape index (κ3) is 3.56. The lowest BCUT2D eigenvalue weighted by Crippen LogP contribution is -2.52. The predicted octanol–water partition coefficient (Wildman–Crippen LogP) is 2.36. The lowest BCUT2D eigenvalue weighted by molar-refractivity contribution is 0.0593. The zero-order valence-electron chi connectivity index (χ0n) is 14.5. The maximum Gasteiger partial charge on any atom is 0.264 e. The van der Waals surface area contributed by atoms with E-state index in [0.29, 0.717) is 18.8 Å². The second kappa shape index (κ2) is 7.13. The molecule has 1 aromatic carbocycles. The normalized spacial score (nSPS) is 23.2. The van der Waals surface area contributed by atoms with Gasteiger partial charge in [-0.05, 0) is 23.4 Å². The number of hydrogen-bond acceptors (Lipinski definition) is 5. The smallest absolute Gasteiger partial charge is 0.264 e. The van der Waals surface area contributed by atoms with E-state index in [1.165, 1.54) is 11.3 Å². The van der Waals surface area contributed by atoms with Gasteiger partial charge in [0.05, 0.1) is 16.4 Å². The van der Waals surface area contributed by atoms with Crippen LogP contribution in [0, 0.1) is 0 Å². The molecule has 2 aromatic rings. The van der Waals surface area contributed by atoms with Crippen LogP contribution < -0.4 is 0 Å². The molecule has 5 nitrogen and oxygen atoms in total. The Bertz CT molecular complexity index is 885. The van der Waals surface area contributed by atoms with E-state index in [9.17, 15) is 13.2 Å². The fourth-order valence-electron chi connectivity index (χ4n) is 3.82. The fourth-order valence-corrected chi connectivity index (χ4v) is 6.46. The minimum absolute atomic E-state index is 0.0811. The molecule has 0 saturated carbocycles. The third-order valence-electron chi connectivity index (χ3n) is 5.27.